The number of fused-ring (bicyclic) bond motifs is 1. The van der Waals surface area contributed by atoms with E-state index in [4.69, 9.17) is 9.47 Å². The summed E-state index contributed by atoms with van der Waals surface area (Å²) >= 11 is 3.31. The second-order valence-electron chi connectivity index (χ2n) is 4.29. The monoisotopic (exact) mass is 299 g/mol. The lowest BCUT2D eigenvalue weighted by Crippen LogP contribution is -2.31. The average Bonchev–Trinajstić information content (AvgIpc) is 2.27. The molecule has 4 nitrogen and oxygen atoms in total. The molecule has 0 atom stereocenters. The first kappa shape index (κ1) is 12.2. The Bertz CT molecular complexity index is 440. The Morgan fingerprint density at radius 2 is 1.94 bits per heavy atom. The van der Waals surface area contributed by atoms with Crippen LogP contribution < -0.4 is 14.8 Å². The summed E-state index contributed by atoms with van der Waals surface area (Å²) in [6, 6.07) is 5.36. The lowest BCUT2D eigenvalue weighted by Gasteiger charge is -2.20. The molecule has 0 saturated carbocycles. The predicted molar refractivity (Wildman–Crippen MR) is 69.1 cm³/mol. The Kier molecular flexibility index (Phi) is 3.28. The van der Waals surface area contributed by atoms with Crippen molar-refractivity contribution in [1.29, 1.82) is 0 Å². The molecule has 1 aromatic carbocycles. The molecule has 0 aliphatic carbocycles. The van der Waals surface area contributed by atoms with Crippen LogP contribution in [0.2, 0.25) is 0 Å². The average molecular weight is 300 g/mol. The number of alkyl halides is 1. The highest BCUT2D eigenvalue weighted by Gasteiger charge is 2.24. The molecule has 5 heteroatoms. The van der Waals surface area contributed by atoms with Crippen molar-refractivity contribution in [1.82, 2.24) is 0 Å². The summed E-state index contributed by atoms with van der Waals surface area (Å²) in [5.74, 6) is 1.28. The number of rotatable bonds is 2. The van der Waals surface area contributed by atoms with E-state index < -0.39 is 4.32 Å². The van der Waals surface area contributed by atoms with Crippen molar-refractivity contribution < 1.29 is 14.3 Å². The molecule has 0 saturated heterocycles. The van der Waals surface area contributed by atoms with E-state index in [0.717, 1.165) is 0 Å². The van der Waals surface area contributed by atoms with Gasteiger partial charge in [-0.15, -0.1) is 0 Å². The molecule has 0 spiro atoms. The number of hydrogen-bond donors (Lipinski definition) is 1. The zero-order valence-electron chi connectivity index (χ0n) is 9.75. The summed E-state index contributed by atoms with van der Waals surface area (Å²) in [4.78, 5) is 11.8. The molecule has 2 rings (SSSR count). The van der Waals surface area contributed by atoms with Crippen molar-refractivity contribution in [3.63, 3.8) is 0 Å². The fraction of sp³-hybridized carbons (Fsp3) is 0.417. The highest BCUT2D eigenvalue weighted by molar-refractivity contribution is 9.10. The smallest absolute Gasteiger partial charge is 0.240 e. The van der Waals surface area contributed by atoms with Crippen molar-refractivity contribution in [3.05, 3.63) is 18.2 Å². The van der Waals surface area contributed by atoms with Crippen LogP contribution in [0.15, 0.2) is 18.2 Å². The van der Waals surface area contributed by atoms with Crippen LogP contribution in [-0.4, -0.2) is 23.4 Å². The van der Waals surface area contributed by atoms with Gasteiger partial charge in [0.2, 0.25) is 5.91 Å². The number of ether oxygens (including phenoxy) is 2. The summed E-state index contributed by atoms with van der Waals surface area (Å²) in [7, 11) is 0. The van der Waals surface area contributed by atoms with Crippen molar-refractivity contribution >= 4 is 27.5 Å². The van der Waals surface area contributed by atoms with Gasteiger partial charge in [0.1, 0.15) is 13.2 Å². The largest absolute Gasteiger partial charge is 0.486 e. The number of carbonyl (C=O) groups is 1. The van der Waals surface area contributed by atoms with Gasteiger partial charge in [0.25, 0.3) is 0 Å². The number of halogens is 1. The van der Waals surface area contributed by atoms with Gasteiger partial charge in [-0.3, -0.25) is 4.79 Å². The molecular weight excluding hydrogens is 286 g/mol. The first-order valence-electron chi connectivity index (χ1n) is 5.37. The normalized spacial score (nSPS) is 14.3. The second-order valence-corrected chi connectivity index (χ2v) is 6.27. The van der Waals surface area contributed by atoms with Gasteiger partial charge < -0.3 is 14.8 Å². The summed E-state index contributed by atoms with van der Waals surface area (Å²) in [6.45, 7) is 4.68. The molecular formula is C12H14BrNO3. The molecule has 1 N–H and O–H groups in total. The molecule has 0 unspecified atom stereocenters. The van der Waals surface area contributed by atoms with E-state index in [1.54, 1.807) is 32.0 Å². The maximum atomic E-state index is 11.8. The molecule has 1 amide bonds. The van der Waals surface area contributed by atoms with Crippen LogP contribution in [-0.2, 0) is 4.79 Å². The molecule has 1 aromatic rings. The maximum Gasteiger partial charge on any atom is 0.240 e. The van der Waals surface area contributed by atoms with Crippen LogP contribution in [0.1, 0.15) is 13.8 Å². The van der Waals surface area contributed by atoms with E-state index in [2.05, 4.69) is 21.2 Å². The van der Waals surface area contributed by atoms with E-state index in [1.165, 1.54) is 0 Å². The molecule has 1 heterocycles. The fourth-order valence-electron chi connectivity index (χ4n) is 1.40. The Hall–Kier alpha value is -1.23. The summed E-state index contributed by atoms with van der Waals surface area (Å²) in [6.07, 6.45) is 0. The van der Waals surface area contributed by atoms with Crippen LogP contribution >= 0.6 is 15.9 Å². The van der Waals surface area contributed by atoms with Crippen LogP contribution in [0, 0.1) is 0 Å². The predicted octanol–water partition coefficient (Wildman–Crippen LogP) is 2.57. The van der Waals surface area contributed by atoms with Crippen molar-refractivity contribution in [2.75, 3.05) is 18.5 Å². The minimum absolute atomic E-state index is 0.103. The molecule has 0 fully saturated rings. The van der Waals surface area contributed by atoms with Crippen molar-refractivity contribution in [2.45, 2.75) is 18.2 Å². The molecule has 1 aliphatic rings. The summed E-state index contributed by atoms with van der Waals surface area (Å²) < 4.78 is 10.3. The van der Waals surface area contributed by atoms with Gasteiger partial charge in [0.15, 0.2) is 11.5 Å². The van der Waals surface area contributed by atoms with E-state index >= 15 is 0 Å². The van der Waals surface area contributed by atoms with E-state index in [1.807, 2.05) is 0 Å². The van der Waals surface area contributed by atoms with Gasteiger partial charge >= 0.3 is 0 Å². The summed E-state index contributed by atoms with van der Waals surface area (Å²) in [5, 5.41) is 2.81. The quantitative estimate of drug-likeness (QED) is 0.854. The highest BCUT2D eigenvalue weighted by Crippen LogP contribution is 2.33. The van der Waals surface area contributed by atoms with Crippen LogP contribution in [0.4, 0.5) is 5.69 Å². The zero-order valence-corrected chi connectivity index (χ0v) is 11.3. The summed E-state index contributed by atoms with van der Waals surface area (Å²) in [5.41, 5.74) is 0.701. The third kappa shape index (κ3) is 2.91. The molecule has 0 bridgehead atoms. The van der Waals surface area contributed by atoms with E-state index in [0.29, 0.717) is 30.4 Å². The third-order valence-electron chi connectivity index (χ3n) is 2.34. The lowest BCUT2D eigenvalue weighted by molar-refractivity contribution is -0.117. The fourth-order valence-corrected chi connectivity index (χ4v) is 1.50. The minimum atomic E-state index is -0.597. The van der Waals surface area contributed by atoms with Crippen molar-refractivity contribution in [2.24, 2.45) is 0 Å². The molecule has 92 valence electrons. The number of amides is 1. The highest BCUT2D eigenvalue weighted by atomic mass is 79.9. The standard InChI is InChI=1S/C12H14BrNO3/c1-12(2,13)11(15)14-8-3-4-9-10(7-8)17-6-5-16-9/h3-4,7H,5-6H2,1-2H3,(H,14,15). The second kappa shape index (κ2) is 4.56. The van der Waals surface area contributed by atoms with Crippen LogP contribution in [0.5, 0.6) is 11.5 Å². The SMILES string of the molecule is CC(C)(Br)C(=O)Nc1ccc2c(c1)OCCO2. The Morgan fingerprint density at radius 1 is 1.29 bits per heavy atom. The van der Waals surface area contributed by atoms with Gasteiger partial charge in [-0.2, -0.15) is 0 Å². The number of benzene rings is 1. The van der Waals surface area contributed by atoms with Gasteiger partial charge in [-0.25, -0.2) is 0 Å². The first-order chi connectivity index (χ1) is 7.97. The van der Waals surface area contributed by atoms with Gasteiger partial charge in [-0.05, 0) is 26.0 Å². The number of hydrogen-bond acceptors (Lipinski definition) is 3. The van der Waals surface area contributed by atoms with Crippen LogP contribution in [0.3, 0.4) is 0 Å². The maximum absolute atomic E-state index is 11.8. The Balaban J connectivity index is 2.15. The third-order valence-corrected chi connectivity index (χ3v) is 2.70. The molecule has 0 radical (unpaired) electrons. The molecule has 0 aromatic heterocycles. The van der Waals surface area contributed by atoms with Gasteiger partial charge in [-0.1, -0.05) is 15.9 Å². The van der Waals surface area contributed by atoms with Gasteiger partial charge in [0.05, 0.1) is 4.32 Å². The Morgan fingerprint density at radius 3 is 2.59 bits per heavy atom. The topological polar surface area (TPSA) is 47.6 Å². The first-order valence-corrected chi connectivity index (χ1v) is 6.16. The number of carbonyl (C=O) groups excluding carboxylic acids is 1. The van der Waals surface area contributed by atoms with E-state index in [9.17, 15) is 4.79 Å². The lowest BCUT2D eigenvalue weighted by atomic mass is 10.2. The minimum Gasteiger partial charge on any atom is -0.486 e. The Labute approximate surface area is 108 Å². The zero-order chi connectivity index (χ0) is 12.5. The number of anilines is 1. The van der Waals surface area contributed by atoms with E-state index in [-0.39, 0.29) is 5.91 Å². The van der Waals surface area contributed by atoms with Gasteiger partial charge in [0, 0.05) is 11.8 Å². The van der Waals surface area contributed by atoms with Crippen LogP contribution in [0.25, 0.3) is 0 Å². The molecule has 17 heavy (non-hydrogen) atoms. The van der Waals surface area contributed by atoms with Crippen molar-refractivity contribution in [3.8, 4) is 11.5 Å². The number of nitrogens with one attached hydrogen (secondary N) is 1. The molecule has 1 aliphatic heterocycles.